The number of rotatable bonds is 4. The topological polar surface area (TPSA) is 101 Å². The Morgan fingerprint density at radius 3 is 2.35 bits per heavy atom. The van der Waals surface area contributed by atoms with Crippen LogP contribution in [0.3, 0.4) is 0 Å². The van der Waals surface area contributed by atoms with Crippen molar-refractivity contribution in [1.82, 2.24) is 9.97 Å². The van der Waals surface area contributed by atoms with Crippen molar-refractivity contribution in [2.75, 3.05) is 11.9 Å². The van der Waals surface area contributed by atoms with Crippen molar-refractivity contribution in [2.45, 2.75) is 45.1 Å². The highest BCUT2D eigenvalue weighted by Crippen LogP contribution is 2.40. The predicted molar refractivity (Wildman–Crippen MR) is 74.4 cm³/mol. The van der Waals surface area contributed by atoms with Crippen LogP contribution in [0.15, 0.2) is 12.4 Å². The van der Waals surface area contributed by atoms with Crippen molar-refractivity contribution in [3.63, 3.8) is 0 Å². The molecule has 1 aromatic heterocycles. The Morgan fingerprint density at radius 1 is 1.30 bits per heavy atom. The highest BCUT2D eigenvalue weighted by atomic mass is 16.6. The van der Waals surface area contributed by atoms with Crippen LogP contribution < -0.4 is 5.32 Å². The van der Waals surface area contributed by atoms with Gasteiger partial charge in [0.05, 0.1) is 10.5 Å². The number of nitrogens with one attached hydrogen (secondary N) is 1. The number of aromatic nitrogens is 2. The third-order valence-corrected chi connectivity index (χ3v) is 3.96. The van der Waals surface area contributed by atoms with E-state index in [2.05, 4.69) is 29.1 Å². The van der Waals surface area contributed by atoms with Gasteiger partial charge in [0.1, 0.15) is 12.4 Å². The summed E-state index contributed by atoms with van der Waals surface area (Å²) >= 11 is 0. The third-order valence-electron chi connectivity index (χ3n) is 3.96. The minimum Gasteiger partial charge on any atom is -0.388 e. The molecule has 1 aliphatic rings. The summed E-state index contributed by atoms with van der Waals surface area (Å²) in [6.07, 6.45) is 5.74. The Morgan fingerprint density at radius 2 is 1.85 bits per heavy atom. The summed E-state index contributed by atoms with van der Waals surface area (Å²) in [7, 11) is 0. The fourth-order valence-electron chi connectivity index (χ4n) is 2.32. The number of nitrogens with zero attached hydrogens (tertiary/aromatic N) is 3. The lowest BCUT2D eigenvalue weighted by atomic mass is 9.71. The molecule has 0 bridgehead atoms. The first-order chi connectivity index (χ1) is 9.30. The van der Waals surface area contributed by atoms with Gasteiger partial charge in [-0.2, -0.15) is 0 Å². The van der Waals surface area contributed by atoms with Crippen LogP contribution in [-0.4, -0.2) is 32.1 Å². The maximum atomic E-state index is 10.5. The first-order valence-corrected chi connectivity index (χ1v) is 6.72. The molecule has 1 heterocycles. The van der Waals surface area contributed by atoms with E-state index in [1.807, 2.05) is 0 Å². The largest absolute Gasteiger partial charge is 0.388 e. The van der Waals surface area contributed by atoms with Crippen LogP contribution in [0.25, 0.3) is 0 Å². The van der Waals surface area contributed by atoms with E-state index < -0.39 is 10.5 Å². The first-order valence-electron chi connectivity index (χ1n) is 6.72. The molecule has 0 amide bonds. The Bertz CT molecular complexity index is 477. The molecule has 20 heavy (non-hydrogen) atoms. The maximum Gasteiger partial charge on any atom is 0.305 e. The van der Waals surface area contributed by atoms with E-state index in [0.717, 1.165) is 38.1 Å². The van der Waals surface area contributed by atoms with E-state index in [0.29, 0.717) is 12.5 Å². The molecule has 0 aliphatic heterocycles. The molecule has 0 aromatic carbocycles. The lowest BCUT2D eigenvalue weighted by Gasteiger charge is -2.40. The van der Waals surface area contributed by atoms with Gasteiger partial charge in [0, 0.05) is 6.54 Å². The van der Waals surface area contributed by atoms with Crippen molar-refractivity contribution >= 4 is 11.6 Å². The summed E-state index contributed by atoms with van der Waals surface area (Å²) in [6, 6.07) is 0. The fraction of sp³-hybridized carbons (Fsp3) is 0.692. The van der Waals surface area contributed by atoms with Gasteiger partial charge in [-0.25, -0.2) is 9.97 Å². The molecule has 0 radical (unpaired) electrons. The number of hydrogen-bond acceptors (Lipinski definition) is 6. The average Bonchev–Trinajstić information content (AvgIpc) is 2.41. The molecule has 0 saturated heterocycles. The van der Waals surface area contributed by atoms with Crippen molar-refractivity contribution in [3.05, 3.63) is 22.5 Å². The van der Waals surface area contributed by atoms with Gasteiger partial charge in [-0.15, -0.1) is 0 Å². The SMILES string of the molecule is CC1(C)CCC(O)(CNc2ncc([N+](=O)[O-])cn2)CC1. The Balaban J connectivity index is 1.90. The normalized spacial score (nSPS) is 20.4. The molecule has 1 fully saturated rings. The average molecular weight is 280 g/mol. The molecule has 2 N–H and O–H groups in total. The van der Waals surface area contributed by atoms with Gasteiger partial charge in [-0.1, -0.05) is 13.8 Å². The van der Waals surface area contributed by atoms with E-state index in [4.69, 9.17) is 0 Å². The second-order valence-corrected chi connectivity index (χ2v) is 6.26. The molecule has 7 heteroatoms. The summed E-state index contributed by atoms with van der Waals surface area (Å²) in [5.41, 5.74) is -0.606. The van der Waals surface area contributed by atoms with Gasteiger partial charge in [0.2, 0.25) is 5.95 Å². The molecular formula is C13H20N4O3. The molecule has 1 saturated carbocycles. The molecule has 7 nitrogen and oxygen atoms in total. The van der Waals surface area contributed by atoms with Crippen LogP contribution in [0.2, 0.25) is 0 Å². The maximum absolute atomic E-state index is 10.5. The molecule has 0 spiro atoms. The van der Waals surface area contributed by atoms with Gasteiger partial charge >= 0.3 is 5.69 Å². The lowest BCUT2D eigenvalue weighted by molar-refractivity contribution is -0.385. The van der Waals surface area contributed by atoms with E-state index in [1.54, 1.807) is 0 Å². The van der Waals surface area contributed by atoms with E-state index in [9.17, 15) is 15.2 Å². The van der Waals surface area contributed by atoms with Crippen molar-refractivity contribution in [3.8, 4) is 0 Å². The van der Waals surface area contributed by atoms with Gasteiger partial charge < -0.3 is 10.4 Å². The monoisotopic (exact) mass is 280 g/mol. The van der Waals surface area contributed by atoms with Crippen LogP contribution in [0.4, 0.5) is 11.6 Å². The van der Waals surface area contributed by atoms with E-state index >= 15 is 0 Å². The quantitative estimate of drug-likeness (QED) is 0.647. The molecule has 110 valence electrons. The second-order valence-electron chi connectivity index (χ2n) is 6.26. The summed E-state index contributed by atoms with van der Waals surface area (Å²) in [6.45, 7) is 4.78. The molecule has 0 unspecified atom stereocenters. The summed E-state index contributed by atoms with van der Waals surface area (Å²) in [4.78, 5) is 17.7. The fourth-order valence-corrected chi connectivity index (χ4v) is 2.32. The minimum atomic E-state index is -0.749. The number of nitro groups is 1. The summed E-state index contributed by atoms with van der Waals surface area (Å²) < 4.78 is 0. The smallest absolute Gasteiger partial charge is 0.305 e. The third kappa shape index (κ3) is 3.63. The molecular weight excluding hydrogens is 260 g/mol. The van der Waals surface area contributed by atoms with Gasteiger partial charge in [0.15, 0.2) is 0 Å². The zero-order valence-electron chi connectivity index (χ0n) is 11.8. The zero-order valence-corrected chi connectivity index (χ0v) is 11.8. The van der Waals surface area contributed by atoms with Crippen LogP contribution in [0.1, 0.15) is 39.5 Å². The molecule has 1 aliphatic carbocycles. The first kappa shape index (κ1) is 14.6. The highest BCUT2D eigenvalue weighted by molar-refractivity contribution is 5.31. The van der Waals surface area contributed by atoms with Crippen molar-refractivity contribution < 1.29 is 10.0 Å². The van der Waals surface area contributed by atoms with Crippen LogP contribution in [-0.2, 0) is 0 Å². The van der Waals surface area contributed by atoms with Crippen molar-refractivity contribution in [1.29, 1.82) is 0 Å². The second kappa shape index (κ2) is 5.32. The van der Waals surface area contributed by atoms with Gasteiger partial charge in [-0.3, -0.25) is 10.1 Å². The Hall–Kier alpha value is -1.76. The number of anilines is 1. The Kier molecular flexibility index (Phi) is 3.89. The molecule has 2 rings (SSSR count). The van der Waals surface area contributed by atoms with Gasteiger partial charge in [-0.05, 0) is 31.1 Å². The van der Waals surface area contributed by atoms with Crippen molar-refractivity contribution in [2.24, 2.45) is 5.41 Å². The summed E-state index contributed by atoms with van der Waals surface area (Å²) in [5.74, 6) is 0.300. The van der Waals surface area contributed by atoms with Crippen LogP contribution in [0, 0.1) is 15.5 Å². The Labute approximate surface area is 117 Å². The van der Waals surface area contributed by atoms with E-state index in [1.165, 1.54) is 0 Å². The minimum absolute atomic E-state index is 0.145. The van der Waals surface area contributed by atoms with Crippen LogP contribution in [0.5, 0.6) is 0 Å². The molecule has 0 atom stereocenters. The summed E-state index contributed by atoms with van der Waals surface area (Å²) in [5, 5.41) is 23.9. The predicted octanol–water partition coefficient (Wildman–Crippen LogP) is 2.13. The highest BCUT2D eigenvalue weighted by Gasteiger charge is 2.36. The van der Waals surface area contributed by atoms with E-state index in [-0.39, 0.29) is 11.1 Å². The van der Waals surface area contributed by atoms with Gasteiger partial charge in [0.25, 0.3) is 0 Å². The standard InChI is InChI=1S/C13H20N4O3/c1-12(2)3-5-13(18,6-4-12)9-16-11-14-7-10(8-15-11)17(19)20/h7-8,18H,3-6,9H2,1-2H3,(H,14,15,16). The number of aliphatic hydroxyl groups is 1. The molecule has 1 aromatic rings. The lowest BCUT2D eigenvalue weighted by Crippen LogP contribution is -2.42. The number of hydrogen-bond donors (Lipinski definition) is 2. The zero-order chi connectivity index (χ0) is 14.8. The van der Waals surface area contributed by atoms with Crippen LogP contribution >= 0.6 is 0 Å².